The Morgan fingerprint density at radius 1 is 1.13 bits per heavy atom. The van der Waals surface area contributed by atoms with Gasteiger partial charge in [-0.25, -0.2) is 0 Å². The lowest BCUT2D eigenvalue weighted by atomic mass is 10.1. The summed E-state index contributed by atoms with van der Waals surface area (Å²) in [6, 6.07) is 0. The lowest BCUT2D eigenvalue weighted by Gasteiger charge is -1.99. The van der Waals surface area contributed by atoms with Crippen LogP contribution in [0.5, 0.6) is 0 Å². The number of unbranched alkanes of at least 4 members (excludes halogenated alkanes) is 5. The fourth-order valence-corrected chi connectivity index (χ4v) is 1.69. The molecule has 0 amide bonds. The molecule has 0 unspecified atom stereocenters. The normalized spacial score (nSPS) is 10.8. The highest BCUT2D eigenvalue weighted by Crippen LogP contribution is 2.17. The van der Waals surface area contributed by atoms with Crippen molar-refractivity contribution in [1.82, 2.24) is 5.16 Å². The minimum atomic E-state index is 0.469. The van der Waals surface area contributed by atoms with Crippen LogP contribution in [0.4, 0.5) is 5.88 Å². The molecule has 1 rings (SSSR count). The van der Waals surface area contributed by atoms with Gasteiger partial charge in [0.05, 0.1) is 5.69 Å². The molecule has 0 saturated carbocycles. The second-order valence-electron chi connectivity index (χ2n) is 4.14. The third-order valence-electron chi connectivity index (χ3n) is 2.82. The predicted octanol–water partition coefficient (Wildman–Crippen LogP) is 3.47. The summed E-state index contributed by atoms with van der Waals surface area (Å²) >= 11 is 0. The van der Waals surface area contributed by atoms with Crippen LogP contribution >= 0.6 is 0 Å². The number of hydrogen-bond donors (Lipinski definition) is 1. The Balaban J connectivity index is 2.12. The average Bonchev–Trinajstić information content (AvgIpc) is 2.54. The molecule has 1 heterocycles. The molecule has 0 aromatic carbocycles. The molecule has 15 heavy (non-hydrogen) atoms. The van der Waals surface area contributed by atoms with E-state index in [1.165, 1.54) is 38.5 Å². The molecule has 86 valence electrons. The molecule has 1 aromatic heterocycles. The Morgan fingerprint density at radius 3 is 2.40 bits per heavy atom. The molecule has 0 spiro atoms. The van der Waals surface area contributed by atoms with E-state index in [4.69, 9.17) is 10.3 Å². The van der Waals surface area contributed by atoms with Gasteiger partial charge in [0.25, 0.3) is 0 Å². The summed E-state index contributed by atoms with van der Waals surface area (Å²) in [5, 5.41) is 3.95. The Hall–Kier alpha value is -0.990. The van der Waals surface area contributed by atoms with Crippen LogP contribution in [0.3, 0.4) is 0 Å². The molecule has 3 heteroatoms. The maximum atomic E-state index is 5.58. The number of nitrogens with zero attached hydrogens (tertiary/aromatic N) is 1. The standard InChI is InChI=1S/C12H22N2O/c1-3-4-5-6-7-8-9-11-10(2)12(13)15-14-11/h3-9,13H2,1-2H3. The highest BCUT2D eigenvalue weighted by Gasteiger charge is 2.07. The fraction of sp³-hybridized carbons (Fsp3) is 0.750. The lowest BCUT2D eigenvalue weighted by molar-refractivity contribution is 0.425. The topological polar surface area (TPSA) is 52.0 Å². The molecule has 0 aliphatic carbocycles. The molecular weight excluding hydrogens is 188 g/mol. The summed E-state index contributed by atoms with van der Waals surface area (Å²) in [6.45, 7) is 4.21. The number of nitrogens with two attached hydrogens (primary N) is 1. The summed E-state index contributed by atoms with van der Waals surface area (Å²) in [6.07, 6.45) is 8.83. The Kier molecular flexibility index (Phi) is 5.22. The quantitative estimate of drug-likeness (QED) is 0.701. The van der Waals surface area contributed by atoms with E-state index in [1.807, 2.05) is 6.92 Å². The largest absolute Gasteiger partial charge is 0.367 e. The summed E-state index contributed by atoms with van der Waals surface area (Å²) in [7, 11) is 0. The number of hydrogen-bond acceptors (Lipinski definition) is 3. The van der Waals surface area contributed by atoms with Crippen molar-refractivity contribution in [2.75, 3.05) is 5.73 Å². The molecule has 0 radical (unpaired) electrons. The van der Waals surface area contributed by atoms with Crippen LogP contribution < -0.4 is 5.73 Å². The van der Waals surface area contributed by atoms with Gasteiger partial charge in [-0.3, -0.25) is 0 Å². The van der Waals surface area contributed by atoms with Crippen molar-refractivity contribution in [3.05, 3.63) is 11.3 Å². The molecule has 0 saturated heterocycles. The zero-order valence-electron chi connectivity index (χ0n) is 9.88. The maximum absolute atomic E-state index is 5.58. The first-order chi connectivity index (χ1) is 7.25. The predicted molar refractivity (Wildman–Crippen MR) is 62.7 cm³/mol. The van der Waals surface area contributed by atoms with Crippen LogP contribution in [-0.4, -0.2) is 5.16 Å². The zero-order valence-corrected chi connectivity index (χ0v) is 9.88. The molecule has 0 bridgehead atoms. The van der Waals surface area contributed by atoms with Crippen LogP contribution in [0.1, 0.15) is 56.7 Å². The first-order valence-corrected chi connectivity index (χ1v) is 5.96. The van der Waals surface area contributed by atoms with E-state index in [0.29, 0.717) is 5.88 Å². The summed E-state index contributed by atoms with van der Waals surface area (Å²) in [4.78, 5) is 0. The third-order valence-corrected chi connectivity index (χ3v) is 2.82. The van der Waals surface area contributed by atoms with Crippen molar-refractivity contribution in [3.8, 4) is 0 Å². The van der Waals surface area contributed by atoms with Gasteiger partial charge in [-0.15, -0.1) is 0 Å². The van der Waals surface area contributed by atoms with Gasteiger partial charge < -0.3 is 10.3 Å². The molecular formula is C12H22N2O. The molecule has 0 atom stereocenters. The van der Waals surface area contributed by atoms with Crippen molar-refractivity contribution in [1.29, 1.82) is 0 Å². The van der Waals surface area contributed by atoms with Crippen molar-refractivity contribution in [2.24, 2.45) is 0 Å². The van der Waals surface area contributed by atoms with Crippen molar-refractivity contribution < 1.29 is 4.52 Å². The van der Waals surface area contributed by atoms with Gasteiger partial charge in [-0.2, -0.15) is 0 Å². The smallest absolute Gasteiger partial charge is 0.225 e. The van der Waals surface area contributed by atoms with E-state index in [9.17, 15) is 0 Å². The van der Waals surface area contributed by atoms with Gasteiger partial charge in [0.2, 0.25) is 5.88 Å². The van der Waals surface area contributed by atoms with Gasteiger partial charge >= 0.3 is 0 Å². The average molecular weight is 210 g/mol. The number of aromatic nitrogens is 1. The first kappa shape index (κ1) is 12.1. The van der Waals surface area contributed by atoms with Crippen LogP contribution in [0.15, 0.2) is 4.52 Å². The number of anilines is 1. The van der Waals surface area contributed by atoms with E-state index < -0.39 is 0 Å². The molecule has 2 N–H and O–H groups in total. The van der Waals surface area contributed by atoms with E-state index in [2.05, 4.69) is 12.1 Å². The van der Waals surface area contributed by atoms with E-state index in [0.717, 1.165) is 17.7 Å². The van der Waals surface area contributed by atoms with Gasteiger partial charge in [-0.05, 0) is 19.8 Å². The SMILES string of the molecule is CCCCCCCCc1noc(N)c1C. The highest BCUT2D eigenvalue weighted by atomic mass is 16.5. The molecule has 0 fully saturated rings. The van der Waals surface area contributed by atoms with Crippen molar-refractivity contribution in [2.45, 2.75) is 58.8 Å². The van der Waals surface area contributed by atoms with Crippen LogP contribution in [-0.2, 0) is 6.42 Å². The molecule has 1 aromatic rings. The number of nitrogen functional groups attached to an aromatic ring is 1. The zero-order chi connectivity index (χ0) is 11.1. The summed E-state index contributed by atoms with van der Waals surface area (Å²) in [5.74, 6) is 0.469. The van der Waals surface area contributed by atoms with Crippen molar-refractivity contribution in [3.63, 3.8) is 0 Å². The fourth-order valence-electron chi connectivity index (χ4n) is 1.69. The number of rotatable bonds is 7. The lowest BCUT2D eigenvalue weighted by Crippen LogP contribution is -1.90. The monoisotopic (exact) mass is 210 g/mol. The Morgan fingerprint density at radius 2 is 1.80 bits per heavy atom. The minimum absolute atomic E-state index is 0.469. The van der Waals surface area contributed by atoms with Crippen LogP contribution in [0.25, 0.3) is 0 Å². The van der Waals surface area contributed by atoms with Gasteiger partial charge in [-0.1, -0.05) is 44.2 Å². The Labute approximate surface area is 92.0 Å². The first-order valence-electron chi connectivity index (χ1n) is 5.96. The van der Waals surface area contributed by atoms with E-state index >= 15 is 0 Å². The number of aryl methyl sites for hydroxylation is 1. The highest BCUT2D eigenvalue weighted by molar-refractivity contribution is 5.37. The maximum Gasteiger partial charge on any atom is 0.225 e. The summed E-state index contributed by atoms with van der Waals surface area (Å²) in [5.41, 5.74) is 7.63. The molecule has 3 nitrogen and oxygen atoms in total. The van der Waals surface area contributed by atoms with Crippen molar-refractivity contribution >= 4 is 5.88 Å². The van der Waals surface area contributed by atoms with E-state index in [1.54, 1.807) is 0 Å². The second kappa shape index (κ2) is 6.49. The van der Waals surface area contributed by atoms with Gasteiger partial charge in [0.1, 0.15) is 0 Å². The van der Waals surface area contributed by atoms with E-state index in [-0.39, 0.29) is 0 Å². The Bertz CT molecular complexity index is 281. The van der Waals surface area contributed by atoms with Gasteiger partial charge in [0.15, 0.2) is 0 Å². The second-order valence-corrected chi connectivity index (χ2v) is 4.14. The molecule has 0 aliphatic rings. The van der Waals surface area contributed by atoms with Crippen LogP contribution in [0, 0.1) is 6.92 Å². The minimum Gasteiger partial charge on any atom is -0.367 e. The summed E-state index contributed by atoms with van der Waals surface area (Å²) < 4.78 is 4.92. The van der Waals surface area contributed by atoms with Crippen LogP contribution in [0.2, 0.25) is 0 Å². The third kappa shape index (κ3) is 3.94. The van der Waals surface area contributed by atoms with Gasteiger partial charge in [0, 0.05) is 5.56 Å². The molecule has 0 aliphatic heterocycles.